The maximum Gasteiger partial charge on any atom is 0.339 e. The van der Waals surface area contributed by atoms with E-state index in [4.69, 9.17) is 16.3 Å². The first-order valence-electron chi connectivity index (χ1n) is 7.94. The number of esters is 1. The van der Waals surface area contributed by atoms with E-state index < -0.39 is 12.1 Å². The summed E-state index contributed by atoms with van der Waals surface area (Å²) >= 11 is 7.40. The molecule has 1 aromatic carbocycles. The van der Waals surface area contributed by atoms with E-state index in [1.54, 1.807) is 33.2 Å². The number of hydrogen-bond acceptors (Lipinski definition) is 5. The summed E-state index contributed by atoms with van der Waals surface area (Å²) in [5, 5.41) is 0.674. The van der Waals surface area contributed by atoms with Crippen LogP contribution >= 0.6 is 22.9 Å². The fraction of sp³-hybridized carbons (Fsp3) is 0.211. The number of nitrogens with zero attached hydrogens (tertiary/aromatic N) is 2. The molecule has 0 fully saturated rings. The second-order valence-electron chi connectivity index (χ2n) is 5.96. The van der Waals surface area contributed by atoms with Crippen LogP contribution in [-0.2, 0) is 9.53 Å². The number of fused-ring (bicyclic) bond motifs is 1. The number of hydrogen-bond donors (Lipinski definition) is 0. The van der Waals surface area contributed by atoms with E-state index in [0.29, 0.717) is 26.5 Å². The fourth-order valence-electron chi connectivity index (χ4n) is 2.56. The van der Waals surface area contributed by atoms with Crippen LogP contribution in [0.2, 0.25) is 4.34 Å². The molecule has 0 saturated carbocycles. The topological polar surface area (TPSA) is 59.5 Å². The van der Waals surface area contributed by atoms with E-state index in [-0.39, 0.29) is 5.91 Å². The molecule has 7 heteroatoms. The summed E-state index contributed by atoms with van der Waals surface area (Å²) in [6.07, 6.45) is -0.871. The van der Waals surface area contributed by atoms with Gasteiger partial charge in [-0.25, -0.2) is 9.78 Å². The Balaban J connectivity index is 2.03. The van der Waals surface area contributed by atoms with Crippen molar-refractivity contribution >= 4 is 45.7 Å². The van der Waals surface area contributed by atoms with E-state index in [1.165, 1.54) is 16.2 Å². The van der Waals surface area contributed by atoms with Gasteiger partial charge in [0.1, 0.15) is 0 Å². The minimum atomic E-state index is -0.871. The van der Waals surface area contributed by atoms with Crippen LogP contribution in [0.1, 0.15) is 17.3 Å². The third-order valence-corrected chi connectivity index (χ3v) is 5.09. The number of aromatic nitrogens is 1. The third-order valence-electron chi connectivity index (χ3n) is 3.83. The van der Waals surface area contributed by atoms with Crippen LogP contribution in [0.25, 0.3) is 21.5 Å². The summed E-state index contributed by atoms with van der Waals surface area (Å²) in [5.41, 5.74) is 1.68. The Hall–Kier alpha value is -2.44. The SMILES string of the molecule is C[C@@H](OC(=O)c1cc(-c2ccc(Cl)s2)nc2ccccc12)C(=O)N(C)C. The lowest BCUT2D eigenvalue weighted by Gasteiger charge is -2.18. The highest BCUT2D eigenvalue weighted by atomic mass is 35.5. The summed E-state index contributed by atoms with van der Waals surface area (Å²) in [7, 11) is 3.24. The molecule has 26 heavy (non-hydrogen) atoms. The van der Waals surface area contributed by atoms with Gasteiger partial charge < -0.3 is 9.64 Å². The smallest absolute Gasteiger partial charge is 0.339 e. The highest BCUT2D eigenvalue weighted by Crippen LogP contribution is 2.32. The highest BCUT2D eigenvalue weighted by molar-refractivity contribution is 7.19. The summed E-state index contributed by atoms with van der Waals surface area (Å²) in [5.74, 6) is -0.836. The fourth-order valence-corrected chi connectivity index (χ4v) is 3.56. The first kappa shape index (κ1) is 18.4. The number of thiophene rings is 1. The molecule has 0 spiro atoms. The minimum absolute atomic E-state index is 0.276. The zero-order chi connectivity index (χ0) is 18.8. The van der Waals surface area contributed by atoms with Crippen LogP contribution in [0, 0.1) is 0 Å². The number of benzene rings is 1. The van der Waals surface area contributed by atoms with E-state index in [9.17, 15) is 9.59 Å². The van der Waals surface area contributed by atoms with E-state index >= 15 is 0 Å². The van der Waals surface area contributed by atoms with Gasteiger partial charge in [-0.05, 0) is 31.2 Å². The molecule has 0 saturated heterocycles. The lowest BCUT2D eigenvalue weighted by molar-refractivity contribution is -0.137. The molecule has 1 atom stereocenters. The first-order valence-corrected chi connectivity index (χ1v) is 9.14. The van der Waals surface area contributed by atoms with Crippen LogP contribution in [0.5, 0.6) is 0 Å². The summed E-state index contributed by atoms with van der Waals surface area (Å²) in [4.78, 5) is 31.6. The zero-order valence-electron chi connectivity index (χ0n) is 14.5. The Morgan fingerprint density at radius 2 is 1.92 bits per heavy atom. The number of carbonyl (C=O) groups is 2. The molecule has 0 aliphatic carbocycles. The quantitative estimate of drug-likeness (QED) is 0.627. The van der Waals surface area contributed by atoms with Gasteiger partial charge in [-0.2, -0.15) is 0 Å². The maximum absolute atomic E-state index is 12.7. The second kappa shape index (κ2) is 7.43. The number of para-hydroxylation sites is 1. The number of carbonyl (C=O) groups excluding carboxylic acids is 2. The lowest BCUT2D eigenvalue weighted by Crippen LogP contribution is -2.34. The molecule has 0 aliphatic rings. The molecule has 134 valence electrons. The van der Waals surface area contributed by atoms with Crippen LogP contribution in [0.4, 0.5) is 0 Å². The number of rotatable bonds is 4. The molecule has 0 unspecified atom stereocenters. The largest absolute Gasteiger partial charge is 0.449 e. The number of ether oxygens (including phenoxy) is 1. The molecule has 2 aromatic heterocycles. The van der Waals surface area contributed by atoms with E-state index in [2.05, 4.69) is 4.98 Å². The Kier molecular flexibility index (Phi) is 5.25. The van der Waals surface area contributed by atoms with Gasteiger partial charge in [0, 0.05) is 19.5 Å². The molecule has 0 bridgehead atoms. The van der Waals surface area contributed by atoms with Crippen molar-refractivity contribution in [2.45, 2.75) is 13.0 Å². The monoisotopic (exact) mass is 388 g/mol. The molecule has 0 N–H and O–H groups in total. The minimum Gasteiger partial charge on any atom is -0.449 e. The second-order valence-corrected chi connectivity index (χ2v) is 7.67. The molecule has 5 nitrogen and oxygen atoms in total. The van der Waals surface area contributed by atoms with Crippen molar-refractivity contribution < 1.29 is 14.3 Å². The third kappa shape index (κ3) is 3.71. The van der Waals surface area contributed by atoms with Crippen molar-refractivity contribution in [3.05, 3.63) is 52.4 Å². The molecule has 0 aliphatic heterocycles. The van der Waals surface area contributed by atoms with Gasteiger partial charge in [-0.15, -0.1) is 11.3 Å². The predicted octanol–water partition coefficient (Wildman–Crippen LogP) is 4.25. The Morgan fingerprint density at radius 1 is 1.19 bits per heavy atom. The molecular weight excluding hydrogens is 372 g/mol. The van der Waals surface area contributed by atoms with Crippen molar-refractivity contribution in [3.8, 4) is 10.6 Å². The van der Waals surface area contributed by atoms with Gasteiger partial charge in [0.05, 0.1) is 26.0 Å². The van der Waals surface area contributed by atoms with Crippen LogP contribution in [-0.4, -0.2) is 42.0 Å². The van der Waals surface area contributed by atoms with E-state index in [0.717, 1.165) is 4.88 Å². The van der Waals surface area contributed by atoms with Crippen LogP contribution < -0.4 is 0 Å². The lowest BCUT2D eigenvalue weighted by atomic mass is 10.1. The van der Waals surface area contributed by atoms with Crippen molar-refractivity contribution in [2.75, 3.05) is 14.1 Å². The van der Waals surface area contributed by atoms with Crippen LogP contribution in [0.3, 0.4) is 0 Å². The highest BCUT2D eigenvalue weighted by Gasteiger charge is 2.22. The molecule has 2 heterocycles. The summed E-state index contributed by atoms with van der Waals surface area (Å²) < 4.78 is 6.03. The maximum atomic E-state index is 12.7. The van der Waals surface area contributed by atoms with Gasteiger partial charge >= 0.3 is 5.97 Å². The average Bonchev–Trinajstić information content (AvgIpc) is 3.06. The number of halogens is 1. The summed E-state index contributed by atoms with van der Waals surface area (Å²) in [6, 6.07) is 12.7. The Labute approximate surface area is 160 Å². The van der Waals surface area contributed by atoms with E-state index in [1.807, 2.05) is 30.3 Å². The van der Waals surface area contributed by atoms with Crippen molar-refractivity contribution in [3.63, 3.8) is 0 Å². The standard InChI is InChI=1S/C19H17ClN2O3S/c1-11(18(23)22(2)3)25-19(24)13-10-15(16-8-9-17(20)26-16)21-14-7-5-4-6-12(13)14/h4-11H,1-3H3/t11-/m1/s1. The summed E-state index contributed by atoms with van der Waals surface area (Å²) in [6.45, 7) is 1.56. The normalized spacial score (nSPS) is 12.0. The molecule has 0 radical (unpaired) electrons. The molecule has 3 rings (SSSR count). The first-order chi connectivity index (χ1) is 12.4. The van der Waals surface area contributed by atoms with Crippen LogP contribution in [0.15, 0.2) is 42.5 Å². The molecular formula is C19H17ClN2O3S. The van der Waals surface area contributed by atoms with Crippen molar-refractivity contribution in [2.24, 2.45) is 0 Å². The van der Waals surface area contributed by atoms with Gasteiger partial charge in [0.25, 0.3) is 5.91 Å². The molecule has 3 aromatic rings. The zero-order valence-corrected chi connectivity index (χ0v) is 16.1. The average molecular weight is 389 g/mol. The van der Waals surface area contributed by atoms with Crippen molar-refractivity contribution in [1.29, 1.82) is 0 Å². The number of amides is 1. The molecule has 1 amide bonds. The van der Waals surface area contributed by atoms with Crippen molar-refractivity contribution in [1.82, 2.24) is 9.88 Å². The van der Waals surface area contributed by atoms with Gasteiger partial charge in [0.15, 0.2) is 6.10 Å². The van der Waals surface area contributed by atoms with Gasteiger partial charge in [0.2, 0.25) is 0 Å². The predicted molar refractivity (Wildman–Crippen MR) is 104 cm³/mol. The Morgan fingerprint density at radius 3 is 2.58 bits per heavy atom. The number of likely N-dealkylation sites (N-methyl/N-ethyl adjacent to an activating group) is 1. The Bertz CT molecular complexity index is 984. The number of pyridine rings is 1. The van der Waals surface area contributed by atoms with Gasteiger partial charge in [-0.3, -0.25) is 4.79 Å². The van der Waals surface area contributed by atoms with Gasteiger partial charge in [-0.1, -0.05) is 29.8 Å².